The summed E-state index contributed by atoms with van der Waals surface area (Å²) in [6.45, 7) is 9.54. The Bertz CT molecular complexity index is 825. The van der Waals surface area contributed by atoms with E-state index in [9.17, 15) is 9.59 Å². The Balaban J connectivity index is 0.000000263. The summed E-state index contributed by atoms with van der Waals surface area (Å²) < 4.78 is 10.2. The first-order chi connectivity index (χ1) is 12.2. The maximum Gasteiger partial charge on any atom is 0.338 e. The van der Waals surface area contributed by atoms with Crippen LogP contribution in [-0.4, -0.2) is 26.2 Å². The van der Waals surface area contributed by atoms with E-state index in [1.54, 1.807) is 12.1 Å². The summed E-state index contributed by atoms with van der Waals surface area (Å²) in [7, 11) is 2.76. The van der Waals surface area contributed by atoms with E-state index in [0.717, 1.165) is 26.7 Å². The Hall–Kier alpha value is -2.40. The van der Waals surface area contributed by atoms with Gasteiger partial charge in [-0.05, 0) is 61.7 Å². The Kier molecular flexibility index (Phi) is 8.26. The van der Waals surface area contributed by atoms with E-state index < -0.39 is 0 Å². The van der Waals surface area contributed by atoms with E-state index in [-0.39, 0.29) is 11.9 Å². The van der Waals surface area contributed by atoms with Crippen LogP contribution in [0.4, 0.5) is 0 Å². The number of methoxy groups -OCH3 is 2. The van der Waals surface area contributed by atoms with Crippen molar-refractivity contribution < 1.29 is 19.1 Å². The average molecular weight is 419 g/mol. The van der Waals surface area contributed by atoms with Crippen LogP contribution in [-0.2, 0) is 9.47 Å². The van der Waals surface area contributed by atoms with Gasteiger partial charge in [-0.25, -0.2) is 9.59 Å². The predicted octanol–water partition coefficient (Wildman–Crippen LogP) is 5.36. The number of rotatable bonds is 3. The number of hydrogen-bond acceptors (Lipinski definition) is 4. The first kappa shape index (κ1) is 21.6. The number of carbonyl (C=O) groups excluding carboxylic acids is 2. The summed E-state index contributed by atoms with van der Waals surface area (Å²) in [5.41, 5.74) is 5.09. The van der Waals surface area contributed by atoms with Crippen molar-refractivity contribution in [2.75, 3.05) is 14.2 Å². The van der Waals surface area contributed by atoms with E-state index in [0.29, 0.717) is 11.1 Å². The van der Waals surface area contributed by atoms with Crippen molar-refractivity contribution >= 4 is 33.4 Å². The molecule has 0 saturated carbocycles. The maximum absolute atomic E-state index is 11.3. The van der Waals surface area contributed by atoms with Crippen molar-refractivity contribution in [3.05, 3.63) is 75.3 Å². The molecule has 2 rings (SSSR count). The molecule has 0 aliphatic rings. The Labute approximate surface area is 163 Å². The number of allylic oxidation sites excluding steroid dienone is 1. The number of halogens is 1. The van der Waals surface area contributed by atoms with Crippen molar-refractivity contribution in [2.45, 2.75) is 20.8 Å². The number of esters is 2. The molecule has 5 heteroatoms. The van der Waals surface area contributed by atoms with Gasteiger partial charge in [-0.1, -0.05) is 40.2 Å². The van der Waals surface area contributed by atoms with E-state index in [1.807, 2.05) is 45.0 Å². The van der Waals surface area contributed by atoms with Gasteiger partial charge in [0.15, 0.2) is 0 Å². The Morgan fingerprint density at radius 3 is 1.73 bits per heavy atom. The molecule has 0 heterocycles. The van der Waals surface area contributed by atoms with Crippen LogP contribution in [0.2, 0.25) is 0 Å². The standard InChI is InChI=1S/C12H14O2.C9H9BrO2/c1-8(2)10-5-6-11(9(3)7-10)12(13)14-4;1-6-5-7(10)3-4-8(6)9(11)12-2/h5-7H,1H2,2-4H3;3-5H,1-2H3. The van der Waals surface area contributed by atoms with Gasteiger partial charge < -0.3 is 9.47 Å². The molecule has 0 saturated heterocycles. The molecule has 0 aliphatic heterocycles. The minimum absolute atomic E-state index is 0.292. The lowest BCUT2D eigenvalue weighted by molar-refractivity contribution is 0.0591. The minimum Gasteiger partial charge on any atom is -0.465 e. The zero-order valence-electron chi connectivity index (χ0n) is 15.7. The number of carbonyl (C=O) groups is 2. The molecular weight excluding hydrogens is 396 g/mol. The van der Waals surface area contributed by atoms with Crippen LogP contribution in [0, 0.1) is 13.8 Å². The zero-order chi connectivity index (χ0) is 19.9. The van der Waals surface area contributed by atoms with Crippen LogP contribution in [0.25, 0.3) is 5.57 Å². The maximum atomic E-state index is 11.3. The molecule has 0 N–H and O–H groups in total. The highest BCUT2D eigenvalue weighted by Gasteiger charge is 2.09. The fourth-order valence-electron chi connectivity index (χ4n) is 2.23. The highest BCUT2D eigenvalue weighted by Crippen LogP contribution is 2.17. The molecule has 0 spiro atoms. The van der Waals surface area contributed by atoms with Gasteiger partial charge in [0.05, 0.1) is 25.3 Å². The van der Waals surface area contributed by atoms with Crippen molar-refractivity contribution in [3.63, 3.8) is 0 Å². The van der Waals surface area contributed by atoms with Crippen LogP contribution in [0.15, 0.2) is 47.4 Å². The lowest BCUT2D eigenvalue weighted by atomic mass is 10.0. The van der Waals surface area contributed by atoms with Gasteiger partial charge >= 0.3 is 11.9 Å². The Morgan fingerprint density at radius 2 is 1.35 bits per heavy atom. The highest BCUT2D eigenvalue weighted by molar-refractivity contribution is 9.10. The second kappa shape index (κ2) is 9.92. The number of aryl methyl sites for hydroxylation is 2. The van der Waals surface area contributed by atoms with Gasteiger partial charge in [0, 0.05) is 4.47 Å². The molecule has 0 aliphatic carbocycles. The second-order valence-corrected chi connectivity index (χ2v) is 6.67. The SMILES string of the molecule is C=C(C)c1ccc(C(=O)OC)c(C)c1.COC(=O)c1ccc(Br)cc1C. The molecule has 2 aromatic rings. The van der Waals surface area contributed by atoms with Crippen LogP contribution in [0.5, 0.6) is 0 Å². The molecule has 0 fully saturated rings. The van der Waals surface area contributed by atoms with Gasteiger partial charge in [-0.2, -0.15) is 0 Å². The molecule has 0 aromatic heterocycles. The third-order valence-electron chi connectivity index (χ3n) is 3.72. The molecule has 0 amide bonds. The van der Waals surface area contributed by atoms with E-state index >= 15 is 0 Å². The third kappa shape index (κ3) is 5.85. The number of benzene rings is 2. The minimum atomic E-state index is -0.296. The predicted molar refractivity (Wildman–Crippen MR) is 107 cm³/mol. The lowest BCUT2D eigenvalue weighted by Gasteiger charge is -2.06. The topological polar surface area (TPSA) is 52.6 Å². The molecule has 2 aromatic carbocycles. The Morgan fingerprint density at radius 1 is 0.885 bits per heavy atom. The monoisotopic (exact) mass is 418 g/mol. The first-order valence-electron chi connectivity index (χ1n) is 7.90. The molecule has 0 bridgehead atoms. The summed E-state index contributed by atoms with van der Waals surface area (Å²) in [5.74, 6) is -0.587. The largest absolute Gasteiger partial charge is 0.465 e. The van der Waals surface area contributed by atoms with Crippen LogP contribution in [0.1, 0.15) is 44.3 Å². The zero-order valence-corrected chi connectivity index (χ0v) is 17.3. The molecule has 0 atom stereocenters. The molecule has 138 valence electrons. The molecule has 0 radical (unpaired) electrons. The van der Waals surface area contributed by atoms with Crippen molar-refractivity contribution in [1.82, 2.24) is 0 Å². The molecule has 26 heavy (non-hydrogen) atoms. The van der Waals surface area contributed by atoms with Crippen LogP contribution in [0.3, 0.4) is 0 Å². The van der Waals surface area contributed by atoms with Crippen LogP contribution < -0.4 is 0 Å². The van der Waals surface area contributed by atoms with Crippen molar-refractivity contribution in [1.29, 1.82) is 0 Å². The quantitative estimate of drug-likeness (QED) is 0.629. The molecule has 0 unspecified atom stereocenters. The summed E-state index contributed by atoms with van der Waals surface area (Å²) >= 11 is 3.32. The van der Waals surface area contributed by atoms with E-state index in [1.165, 1.54) is 14.2 Å². The summed E-state index contributed by atoms with van der Waals surface area (Å²) in [4.78, 5) is 22.4. The summed E-state index contributed by atoms with van der Waals surface area (Å²) in [6, 6.07) is 11.0. The van der Waals surface area contributed by atoms with Gasteiger partial charge in [-0.3, -0.25) is 0 Å². The van der Waals surface area contributed by atoms with E-state index in [2.05, 4.69) is 32.0 Å². The van der Waals surface area contributed by atoms with Gasteiger partial charge in [0.25, 0.3) is 0 Å². The molecular formula is C21H23BrO4. The van der Waals surface area contributed by atoms with Gasteiger partial charge in [-0.15, -0.1) is 0 Å². The van der Waals surface area contributed by atoms with E-state index in [4.69, 9.17) is 0 Å². The van der Waals surface area contributed by atoms with Crippen molar-refractivity contribution in [3.8, 4) is 0 Å². The normalized spacial score (nSPS) is 9.62. The first-order valence-corrected chi connectivity index (χ1v) is 8.69. The highest BCUT2D eigenvalue weighted by atomic mass is 79.9. The second-order valence-electron chi connectivity index (χ2n) is 5.75. The van der Waals surface area contributed by atoms with Gasteiger partial charge in [0.2, 0.25) is 0 Å². The van der Waals surface area contributed by atoms with Crippen LogP contribution >= 0.6 is 15.9 Å². The summed E-state index contributed by atoms with van der Waals surface area (Å²) in [5, 5.41) is 0. The molecule has 4 nitrogen and oxygen atoms in total. The smallest absolute Gasteiger partial charge is 0.338 e. The third-order valence-corrected chi connectivity index (χ3v) is 4.21. The lowest BCUT2D eigenvalue weighted by Crippen LogP contribution is -2.03. The number of ether oxygens (including phenoxy) is 2. The van der Waals surface area contributed by atoms with Gasteiger partial charge in [0.1, 0.15) is 0 Å². The number of hydrogen-bond donors (Lipinski definition) is 0. The summed E-state index contributed by atoms with van der Waals surface area (Å²) in [6.07, 6.45) is 0. The average Bonchev–Trinajstić information content (AvgIpc) is 2.60. The fraction of sp³-hybridized carbons (Fsp3) is 0.238. The van der Waals surface area contributed by atoms with Crippen molar-refractivity contribution in [2.24, 2.45) is 0 Å². The fourth-order valence-corrected chi connectivity index (χ4v) is 2.71.